The average molecular weight is 342 g/mol. The number of methoxy groups -OCH3 is 1. The molecule has 0 fully saturated rings. The van der Waals surface area contributed by atoms with E-state index in [1.54, 1.807) is 42.5 Å². The molecule has 0 radical (unpaired) electrons. The smallest absolute Gasteiger partial charge is 0.328 e. The Labute approximate surface area is 145 Å². The van der Waals surface area contributed by atoms with Gasteiger partial charge in [-0.25, -0.2) is 4.79 Å². The highest BCUT2D eigenvalue weighted by molar-refractivity contribution is 5.85. The molecule has 0 heterocycles. The fraction of sp³-hybridized carbons (Fsp3) is 0.158. The van der Waals surface area contributed by atoms with Crippen LogP contribution < -0.4 is 9.47 Å². The molecule has 0 saturated carbocycles. The molecule has 0 aliphatic rings. The minimum atomic E-state index is -1.03. The Morgan fingerprint density at radius 1 is 1.08 bits per heavy atom. The number of carbonyl (C=O) groups is 2. The molecule has 0 amide bonds. The number of carboxylic acid groups (broad SMARTS) is 1. The monoisotopic (exact) mass is 342 g/mol. The lowest BCUT2D eigenvalue weighted by atomic mass is 10.2. The lowest BCUT2D eigenvalue weighted by Crippen LogP contribution is -1.98. The van der Waals surface area contributed by atoms with E-state index in [2.05, 4.69) is 0 Å². The summed E-state index contributed by atoms with van der Waals surface area (Å²) in [6.45, 7) is 1.56. The van der Waals surface area contributed by atoms with E-state index in [0.717, 1.165) is 11.6 Å². The number of esters is 1. The highest BCUT2D eigenvalue weighted by atomic mass is 16.5. The molecule has 0 aliphatic carbocycles. The molecule has 6 nitrogen and oxygen atoms in total. The minimum absolute atomic E-state index is 0.203. The number of carboxylic acids is 1. The van der Waals surface area contributed by atoms with Crippen LogP contribution in [0.25, 0.3) is 6.08 Å². The summed E-state index contributed by atoms with van der Waals surface area (Å²) in [5, 5.41) is 8.71. The van der Waals surface area contributed by atoms with Crippen LogP contribution in [0.4, 0.5) is 0 Å². The summed E-state index contributed by atoms with van der Waals surface area (Å²) in [5.41, 5.74) is 1.51. The lowest BCUT2D eigenvalue weighted by molar-refractivity contribution is -0.142. The van der Waals surface area contributed by atoms with Crippen molar-refractivity contribution in [3.63, 3.8) is 0 Å². The summed E-state index contributed by atoms with van der Waals surface area (Å²) in [5.74, 6) is 0.196. The van der Waals surface area contributed by atoms with Gasteiger partial charge in [-0.1, -0.05) is 18.2 Å². The lowest BCUT2D eigenvalue weighted by Gasteiger charge is -2.11. The van der Waals surface area contributed by atoms with Gasteiger partial charge in [-0.15, -0.1) is 0 Å². The zero-order chi connectivity index (χ0) is 18.2. The first-order valence-corrected chi connectivity index (χ1v) is 7.47. The van der Waals surface area contributed by atoms with Gasteiger partial charge in [-0.05, 0) is 41.5 Å². The van der Waals surface area contributed by atoms with Crippen LogP contribution in [0.15, 0.2) is 48.5 Å². The summed E-state index contributed by atoms with van der Waals surface area (Å²) < 4.78 is 16.0. The van der Waals surface area contributed by atoms with Crippen LogP contribution in [0.5, 0.6) is 17.2 Å². The Kier molecular flexibility index (Phi) is 6.17. The van der Waals surface area contributed by atoms with E-state index in [0.29, 0.717) is 22.8 Å². The predicted octanol–water partition coefficient (Wildman–Crippen LogP) is 3.65. The molecule has 2 rings (SSSR count). The SMILES string of the molecule is COc1ccc(/C=C/C(=O)O)cc1Oc1ccc(COC(C)=O)cc1. The molecular formula is C19H18O6. The van der Waals surface area contributed by atoms with Crippen molar-refractivity contribution < 1.29 is 28.9 Å². The summed E-state index contributed by atoms with van der Waals surface area (Å²) >= 11 is 0. The fourth-order valence-corrected chi connectivity index (χ4v) is 2.01. The molecule has 0 aliphatic heterocycles. The molecule has 2 aromatic carbocycles. The molecule has 0 aromatic heterocycles. The van der Waals surface area contributed by atoms with E-state index in [1.165, 1.54) is 20.1 Å². The Bertz CT molecular complexity index is 777. The largest absolute Gasteiger partial charge is 0.493 e. The van der Waals surface area contributed by atoms with Gasteiger partial charge < -0.3 is 19.3 Å². The summed E-state index contributed by atoms with van der Waals surface area (Å²) in [4.78, 5) is 21.4. The van der Waals surface area contributed by atoms with Crippen molar-refractivity contribution in [2.45, 2.75) is 13.5 Å². The quantitative estimate of drug-likeness (QED) is 0.611. The number of aliphatic carboxylic acids is 1. The van der Waals surface area contributed by atoms with Crippen LogP contribution in [0.1, 0.15) is 18.1 Å². The molecule has 130 valence electrons. The van der Waals surface area contributed by atoms with Crippen LogP contribution in [0, 0.1) is 0 Å². The number of carbonyl (C=O) groups excluding carboxylic acids is 1. The third-order valence-corrected chi connectivity index (χ3v) is 3.20. The second-order valence-electron chi connectivity index (χ2n) is 5.11. The van der Waals surface area contributed by atoms with Gasteiger partial charge >= 0.3 is 11.9 Å². The molecular weight excluding hydrogens is 324 g/mol. The van der Waals surface area contributed by atoms with Crippen LogP contribution in [-0.4, -0.2) is 24.2 Å². The zero-order valence-electron chi connectivity index (χ0n) is 13.9. The number of hydrogen-bond donors (Lipinski definition) is 1. The van der Waals surface area contributed by atoms with Gasteiger partial charge in [0, 0.05) is 13.0 Å². The van der Waals surface area contributed by atoms with E-state index < -0.39 is 5.97 Å². The van der Waals surface area contributed by atoms with E-state index in [1.807, 2.05) is 0 Å². The van der Waals surface area contributed by atoms with Crippen molar-refractivity contribution in [1.82, 2.24) is 0 Å². The van der Waals surface area contributed by atoms with Gasteiger partial charge in [-0.3, -0.25) is 4.79 Å². The van der Waals surface area contributed by atoms with Gasteiger partial charge in [0.2, 0.25) is 0 Å². The average Bonchev–Trinajstić information content (AvgIpc) is 2.59. The summed E-state index contributed by atoms with van der Waals surface area (Å²) in [7, 11) is 1.52. The number of benzene rings is 2. The maximum absolute atomic E-state index is 10.8. The van der Waals surface area contributed by atoms with Gasteiger partial charge in [0.25, 0.3) is 0 Å². The van der Waals surface area contributed by atoms with Gasteiger partial charge in [-0.2, -0.15) is 0 Å². The second-order valence-corrected chi connectivity index (χ2v) is 5.11. The van der Waals surface area contributed by atoms with Crippen molar-refractivity contribution in [2.75, 3.05) is 7.11 Å². The van der Waals surface area contributed by atoms with E-state index >= 15 is 0 Å². The number of rotatable bonds is 7. The Morgan fingerprint density at radius 3 is 2.40 bits per heavy atom. The topological polar surface area (TPSA) is 82.1 Å². The second kappa shape index (κ2) is 8.54. The summed E-state index contributed by atoms with van der Waals surface area (Å²) in [6.07, 6.45) is 2.52. The Balaban J connectivity index is 2.16. The first-order valence-electron chi connectivity index (χ1n) is 7.47. The van der Waals surface area contributed by atoms with E-state index in [4.69, 9.17) is 19.3 Å². The normalized spacial score (nSPS) is 10.5. The van der Waals surface area contributed by atoms with Crippen molar-refractivity contribution in [1.29, 1.82) is 0 Å². The third kappa shape index (κ3) is 5.69. The van der Waals surface area contributed by atoms with Gasteiger partial charge in [0.1, 0.15) is 12.4 Å². The highest BCUT2D eigenvalue weighted by Crippen LogP contribution is 2.33. The highest BCUT2D eigenvalue weighted by Gasteiger charge is 2.07. The molecule has 25 heavy (non-hydrogen) atoms. The Morgan fingerprint density at radius 2 is 1.80 bits per heavy atom. The van der Waals surface area contributed by atoms with Crippen LogP contribution >= 0.6 is 0 Å². The molecule has 6 heteroatoms. The van der Waals surface area contributed by atoms with Gasteiger partial charge in [0.15, 0.2) is 11.5 Å². The molecule has 0 atom stereocenters. The first kappa shape index (κ1) is 18.1. The van der Waals surface area contributed by atoms with Crippen molar-refractivity contribution in [3.8, 4) is 17.2 Å². The third-order valence-electron chi connectivity index (χ3n) is 3.20. The molecule has 0 spiro atoms. The van der Waals surface area contributed by atoms with Crippen LogP contribution in [0.3, 0.4) is 0 Å². The number of ether oxygens (including phenoxy) is 3. The molecule has 0 unspecified atom stereocenters. The Hall–Kier alpha value is -3.28. The maximum Gasteiger partial charge on any atom is 0.328 e. The van der Waals surface area contributed by atoms with Crippen LogP contribution in [-0.2, 0) is 20.9 Å². The predicted molar refractivity (Wildman–Crippen MR) is 91.6 cm³/mol. The molecule has 2 aromatic rings. The molecule has 0 bridgehead atoms. The fourth-order valence-electron chi connectivity index (χ4n) is 2.01. The van der Waals surface area contributed by atoms with Crippen molar-refractivity contribution in [2.24, 2.45) is 0 Å². The van der Waals surface area contributed by atoms with E-state index in [-0.39, 0.29) is 12.6 Å². The van der Waals surface area contributed by atoms with Crippen LogP contribution in [0.2, 0.25) is 0 Å². The van der Waals surface area contributed by atoms with Crippen molar-refractivity contribution in [3.05, 3.63) is 59.7 Å². The molecule has 0 saturated heterocycles. The maximum atomic E-state index is 10.8. The number of hydrogen-bond acceptors (Lipinski definition) is 5. The standard InChI is InChI=1S/C19H18O6/c1-13(20)24-12-15-3-7-16(8-4-15)25-18-11-14(6-10-19(21)22)5-9-17(18)23-2/h3-11H,12H2,1-2H3,(H,21,22)/b10-6+. The van der Waals surface area contributed by atoms with E-state index in [9.17, 15) is 9.59 Å². The minimum Gasteiger partial charge on any atom is -0.493 e. The van der Waals surface area contributed by atoms with Gasteiger partial charge in [0.05, 0.1) is 7.11 Å². The first-order chi connectivity index (χ1) is 12.0. The summed E-state index contributed by atoms with van der Waals surface area (Å²) in [6, 6.07) is 12.2. The molecule has 1 N–H and O–H groups in total. The zero-order valence-corrected chi connectivity index (χ0v) is 13.9. The van der Waals surface area contributed by atoms with Crippen molar-refractivity contribution >= 4 is 18.0 Å².